The number of allylic oxidation sites excluding steroid dienone is 4. The van der Waals surface area contributed by atoms with E-state index in [0.29, 0.717) is 11.6 Å². The molecule has 5 nitrogen and oxygen atoms in total. The third-order valence-electron chi connectivity index (χ3n) is 7.40. The molecule has 1 saturated carbocycles. The molecule has 2 aromatic carbocycles. The van der Waals surface area contributed by atoms with E-state index in [-0.39, 0.29) is 43.4 Å². The van der Waals surface area contributed by atoms with E-state index in [1.54, 1.807) is 35.3 Å². The number of sulfone groups is 1. The molecular formula is C31H33ClF2N2O3S2. The van der Waals surface area contributed by atoms with Gasteiger partial charge in [-0.05, 0) is 75.1 Å². The van der Waals surface area contributed by atoms with Gasteiger partial charge in [-0.1, -0.05) is 54.1 Å². The Kier molecular flexibility index (Phi) is 9.85. The Balaban J connectivity index is 1.72. The maximum atomic E-state index is 14.6. The summed E-state index contributed by atoms with van der Waals surface area (Å²) >= 11 is 7.38. The highest BCUT2D eigenvalue weighted by Crippen LogP contribution is 2.40. The number of halogens is 3. The predicted molar refractivity (Wildman–Crippen MR) is 164 cm³/mol. The standard InChI is InChI=1S/C31H33ClF2N2O3S2/c1-5-7-20(21-8-6-9-24(17-21)41(4,38)39)16-19(2)18-36(23-12-10-22(35-3)11-13-23)31(37)30-28(32)27-25(33)14-15-26(34)29(27)40-30/h5-9,14-17,22-23,35H,1,10-13,18H2,2-4H3/b19-16+,20-7+. The van der Waals surface area contributed by atoms with Crippen molar-refractivity contribution in [2.75, 3.05) is 19.8 Å². The van der Waals surface area contributed by atoms with Gasteiger partial charge in [0, 0.05) is 24.9 Å². The van der Waals surface area contributed by atoms with Crippen LogP contribution in [-0.4, -0.2) is 51.2 Å². The van der Waals surface area contributed by atoms with E-state index in [2.05, 4.69) is 11.9 Å². The molecule has 41 heavy (non-hydrogen) atoms. The largest absolute Gasteiger partial charge is 0.331 e. The molecule has 1 N–H and O–H groups in total. The van der Waals surface area contributed by atoms with Crippen LogP contribution in [0.3, 0.4) is 0 Å². The number of rotatable bonds is 9. The highest BCUT2D eigenvalue weighted by molar-refractivity contribution is 7.90. The number of carbonyl (C=O) groups is 1. The van der Waals surface area contributed by atoms with Crippen LogP contribution in [-0.2, 0) is 9.84 Å². The molecule has 218 valence electrons. The van der Waals surface area contributed by atoms with Crippen LogP contribution in [0.15, 0.2) is 71.7 Å². The fourth-order valence-electron chi connectivity index (χ4n) is 5.25. The van der Waals surface area contributed by atoms with Gasteiger partial charge in [-0.25, -0.2) is 17.2 Å². The van der Waals surface area contributed by atoms with Crippen molar-refractivity contribution in [3.63, 3.8) is 0 Å². The van der Waals surface area contributed by atoms with Crippen LogP contribution in [0.2, 0.25) is 5.02 Å². The summed E-state index contributed by atoms with van der Waals surface area (Å²) in [6.45, 7) is 5.94. The number of thiophene rings is 1. The summed E-state index contributed by atoms with van der Waals surface area (Å²) in [4.78, 5) is 16.1. The van der Waals surface area contributed by atoms with E-state index in [0.717, 1.165) is 66.6 Å². The molecule has 0 aliphatic heterocycles. The third kappa shape index (κ3) is 6.97. The molecule has 0 spiro atoms. The zero-order valence-electron chi connectivity index (χ0n) is 23.2. The van der Waals surface area contributed by atoms with Crippen LogP contribution in [0.25, 0.3) is 15.7 Å². The van der Waals surface area contributed by atoms with Gasteiger partial charge in [0.15, 0.2) is 9.84 Å². The van der Waals surface area contributed by atoms with Crippen LogP contribution in [0.5, 0.6) is 0 Å². The molecular weight excluding hydrogens is 586 g/mol. The van der Waals surface area contributed by atoms with Crippen LogP contribution < -0.4 is 5.32 Å². The first kappa shape index (κ1) is 31.1. The van der Waals surface area contributed by atoms with Gasteiger partial charge in [-0.15, -0.1) is 11.3 Å². The van der Waals surface area contributed by atoms with Crippen molar-refractivity contribution in [2.45, 2.75) is 49.6 Å². The normalized spacial score (nSPS) is 18.5. The Bertz CT molecular complexity index is 1640. The molecule has 0 radical (unpaired) electrons. The topological polar surface area (TPSA) is 66.5 Å². The lowest BCUT2D eigenvalue weighted by Crippen LogP contribution is -2.45. The minimum atomic E-state index is -3.40. The lowest BCUT2D eigenvalue weighted by atomic mass is 9.89. The molecule has 0 bridgehead atoms. The Morgan fingerprint density at radius 3 is 2.46 bits per heavy atom. The van der Waals surface area contributed by atoms with E-state index in [1.807, 2.05) is 26.1 Å². The van der Waals surface area contributed by atoms with Crippen molar-refractivity contribution in [3.05, 3.63) is 93.9 Å². The van der Waals surface area contributed by atoms with Crippen molar-refractivity contribution in [3.8, 4) is 0 Å². The van der Waals surface area contributed by atoms with Crippen molar-refractivity contribution in [1.29, 1.82) is 0 Å². The molecule has 1 aromatic heterocycles. The molecule has 0 unspecified atom stereocenters. The maximum Gasteiger partial charge on any atom is 0.266 e. The first-order chi connectivity index (χ1) is 19.4. The smallest absolute Gasteiger partial charge is 0.266 e. The molecule has 1 aliphatic carbocycles. The number of hydrogen-bond donors (Lipinski definition) is 1. The van der Waals surface area contributed by atoms with E-state index in [1.165, 1.54) is 0 Å². The molecule has 10 heteroatoms. The molecule has 0 saturated heterocycles. The van der Waals surface area contributed by atoms with Gasteiger partial charge < -0.3 is 10.2 Å². The van der Waals surface area contributed by atoms with E-state index in [4.69, 9.17) is 11.6 Å². The number of benzene rings is 2. The fourth-order valence-corrected chi connectivity index (χ4v) is 7.42. The molecule has 0 atom stereocenters. The number of hydrogen-bond acceptors (Lipinski definition) is 5. The summed E-state index contributed by atoms with van der Waals surface area (Å²) in [6, 6.07) is 8.97. The Morgan fingerprint density at radius 2 is 1.85 bits per heavy atom. The van der Waals surface area contributed by atoms with Gasteiger partial charge in [0.05, 0.1) is 20.0 Å². The van der Waals surface area contributed by atoms with Crippen molar-refractivity contribution < 1.29 is 22.0 Å². The summed E-state index contributed by atoms with van der Waals surface area (Å²) in [5.41, 5.74) is 2.26. The number of carbonyl (C=O) groups excluding carboxylic acids is 1. The number of fused-ring (bicyclic) bond motifs is 1. The fraction of sp³-hybridized carbons (Fsp3) is 0.323. The lowest BCUT2D eigenvalue weighted by Gasteiger charge is -2.37. The summed E-state index contributed by atoms with van der Waals surface area (Å²) in [6.07, 6.45) is 9.76. The van der Waals surface area contributed by atoms with E-state index in [9.17, 15) is 22.0 Å². The van der Waals surface area contributed by atoms with Crippen molar-refractivity contribution in [2.24, 2.45) is 0 Å². The molecule has 3 aromatic rings. The van der Waals surface area contributed by atoms with E-state index < -0.39 is 21.5 Å². The van der Waals surface area contributed by atoms with E-state index >= 15 is 0 Å². The van der Waals surface area contributed by atoms with Crippen LogP contribution >= 0.6 is 22.9 Å². The maximum absolute atomic E-state index is 14.6. The Hall–Kier alpha value is -2.85. The minimum Gasteiger partial charge on any atom is -0.331 e. The van der Waals surface area contributed by atoms with Gasteiger partial charge in [-0.2, -0.15) is 0 Å². The second-order valence-electron chi connectivity index (χ2n) is 10.4. The summed E-state index contributed by atoms with van der Waals surface area (Å²) in [5, 5.41) is 3.15. The Morgan fingerprint density at radius 1 is 1.17 bits per heavy atom. The second kappa shape index (κ2) is 13.0. The van der Waals surface area contributed by atoms with Gasteiger partial charge >= 0.3 is 0 Å². The highest BCUT2D eigenvalue weighted by Gasteiger charge is 2.32. The first-order valence-corrected chi connectivity index (χ1v) is 16.4. The number of nitrogens with zero attached hydrogens (tertiary/aromatic N) is 1. The SMILES string of the molecule is C=C/C=C(\C=C(/C)CN(C(=O)c1sc2c(F)ccc(F)c2c1Cl)C1CCC(NC)CC1)c1cccc(S(C)(=O)=O)c1. The Labute approximate surface area is 249 Å². The van der Waals surface area contributed by atoms with Gasteiger partial charge in [0.2, 0.25) is 0 Å². The average molecular weight is 619 g/mol. The summed E-state index contributed by atoms with van der Waals surface area (Å²) in [7, 11) is -1.48. The van der Waals surface area contributed by atoms with Crippen LogP contribution in [0.4, 0.5) is 8.78 Å². The van der Waals surface area contributed by atoms with Crippen molar-refractivity contribution in [1.82, 2.24) is 10.2 Å². The third-order valence-corrected chi connectivity index (χ3v) is 10.2. The quantitative estimate of drug-likeness (QED) is 0.253. The molecule has 4 rings (SSSR count). The van der Waals surface area contributed by atoms with Gasteiger partial charge in [0.25, 0.3) is 5.91 Å². The van der Waals surface area contributed by atoms with Crippen LogP contribution in [0.1, 0.15) is 47.8 Å². The average Bonchev–Trinajstić information content (AvgIpc) is 3.31. The second-order valence-corrected chi connectivity index (χ2v) is 13.8. The zero-order chi connectivity index (χ0) is 29.9. The van der Waals surface area contributed by atoms with Crippen molar-refractivity contribution >= 4 is 54.3 Å². The first-order valence-electron chi connectivity index (χ1n) is 13.3. The van der Waals surface area contributed by atoms with Crippen LogP contribution in [0, 0.1) is 11.6 Å². The zero-order valence-corrected chi connectivity index (χ0v) is 25.6. The number of nitrogens with one attached hydrogen (secondary N) is 1. The number of amides is 1. The summed E-state index contributed by atoms with van der Waals surface area (Å²) in [5.74, 6) is -1.67. The molecule has 1 heterocycles. The minimum absolute atomic E-state index is 0.0198. The lowest BCUT2D eigenvalue weighted by molar-refractivity contribution is 0.0650. The molecule has 1 fully saturated rings. The van der Waals surface area contributed by atoms with Gasteiger partial charge in [-0.3, -0.25) is 4.79 Å². The molecule has 1 amide bonds. The summed E-state index contributed by atoms with van der Waals surface area (Å²) < 4.78 is 53.4. The monoisotopic (exact) mass is 618 g/mol. The molecule has 1 aliphatic rings. The highest BCUT2D eigenvalue weighted by atomic mass is 35.5. The predicted octanol–water partition coefficient (Wildman–Crippen LogP) is 7.43. The van der Waals surface area contributed by atoms with Gasteiger partial charge in [0.1, 0.15) is 16.5 Å².